The number of nitrogens with one attached hydrogen (secondary N) is 1. The molecule has 0 bridgehead atoms. The van der Waals surface area contributed by atoms with Gasteiger partial charge in [-0.05, 0) is 45.6 Å². The van der Waals surface area contributed by atoms with Gasteiger partial charge in [-0.1, -0.05) is 48.9 Å². The first-order chi connectivity index (χ1) is 22.8. The van der Waals surface area contributed by atoms with Gasteiger partial charge in [0, 0.05) is 48.0 Å². The molecule has 3 heterocycles. The predicted octanol–water partition coefficient (Wildman–Crippen LogP) is 6.62. The van der Waals surface area contributed by atoms with Crippen molar-refractivity contribution in [1.82, 2.24) is 10.3 Å². The highest BCUT2D eigenvalue weighted by molar-refractivity contribution is 6.34. The van der Waals surface area contributed by atoms with Crippen molar-refractivity contribution in [2.75, 3.05) is 32.9 Å². The number of aromatic carboxylic acids is 1. The summed E-state index contributed by atoms with van der Waals surface area (Å²) in [6.07, 6.45) is 3.21. The van der Waals surface area contributed by atoms with Crippen LogP contribution >= 0.6 is 11.6 Å². The third-order valence-corrected chi connectivity index (χ3v) is 8.59. The highest BCUT2D eigenvalue weighted by Crippen LogP contribution is 2.56. The van der Waals surface area contributed by atoms with Crippen molar-refractivity contribution in [3.05, 3.63) is 75.9 Å². The van der Waals surface area contributed by atoms with Crippen LogP contribution in [-0.2, 0) is 24.6 Å². The van der Waals surface area contributed by atoms with Crippen molar-refractivity contribution in [3.63, 3.8) is 0 Å². The molecule has 13 heteroatoms. The SMILES string of the molecule is C[C@H]1c2c(cc(F)c(Cl)c2-c2c(C(=O)O)cnc(OCCO[C@H]3CCCCO3)c2F)O[C@]1(CNCC(=O)OC(C)(C)C)c1ccccc1. The molecule has 2 aromatic carbocycles. The molecule has 2 aliphatic heterocycles. The minimum atomic E-state index is -1.50. The lowest BCUT2D eigenvalue weighted by Crippen LogP contribution is -2.46. The minimum absolute atomic E-state index is 0.0400. The van der Waals surface area contributed by atoms with E-state index in [1.165, 1.54) is 0 Å². The number of nitrogens with zero attached hydrogens (tertiary/aromatic N) is 1. The van der Waals surface area contributed by atoms with Crippen LogP contribution in [0.4, 0.5) is 8.78 Å². The van der Waals surface area contributed by atoms with Gasteiger partial charge in [-0.3, -0.25) is 4.79 Å². The van der Waals surface area contributed by atoms with Crippen molar-refractivity contribution >= 4 is 23.5 Å². The second kappa shape index (κ2) is 14.7. The molecule has 3 atom stereocenters. The molecule has 0 spiro atoms. The van der Waals surface area contributed by atoms with Crippen LogP contribution in [0.2, 0.25) is 5.02 Å². The van der Waals surface area contributed by atoms with Crippen molar-refractivity contribution in [2.45, 2.75) is 70.4 Å². The summed E-state index contributed by atoms with van der Waals surface area (Å²) < 4.78 is 60.7. The van der Waals surface area contributed by atoms with E-state index in [4.69, 9.17) is 35.3 Å². The van der Waals surface area contributed by atoms with E-state index in [0.29, 0.717) is 12.2 Å². The lowest BCUT2D eigenvalue weighted by Gasteiger charge is -2.34. The number of aromatic nitrogens is 1. The predicted molar refractivity (Wildman–Crippen MR) is 172 cm³/mol. The Bertz CT molecular complexity index is 1650. The van der Waals surface area contributed by atoms with Gasteiger partial charge in [-0.25, -0.2) is 18.6 Å². The molecule has 2 N–H and O–H groups in total. The van der Waals surface area contributed by atoms with Crippen molar-refractivity contribution < 1.29 is 47.2 Å². The zero-order valence-electron chi connectivity index (χ0n) is 27.2. The molecule has 10 nitrogen and oxygen atoms in total. The van der Waals surface area contributed by atoms with Crippen molar-refractivity contribution in [3.8, 4) is 22.8 Å². The number of fused-ring (bicyclic) bond motifs is 1. The average Bonchev–Trinajstić information content (AvgIpc) is 3.32. The molecule has 0 unspecified atom stereocenters. The summed E-state index contributed by atoms with van der Waals surface area (Å²) in [5.41, 5.74) is -2.23. The Morgan fingerprint density at radius 2 is 1.90 bits per heavy atom. The summed E-state index contributed by atoms with van der Waals surface area (Å²) in [5, 5.41) is 12.7. The second-order valence-electron chi connectivity index (χ2n) is 12.7. The first-order valence-electron chi connectivity index (χ1n) is 15.8. The standard InChI is InChI=1S/C35H39ClF2N2O8/c1-20-27-24(47-35(20,21-10-6-5-7-11-21)19-39-18-25(41)48-34(2,3)4)16-23(37)30(36)29(27)28-22(33(42)43)17-40-32(31(28)38)46-15-14-45-26-12-8-9-13-44-26/h5-7,10-11,16-17,20,26,39H,8-9,12-15,18-19H2,1-4H3,(H,42,43)/t20-,26-,35-/m0/s1. The summed E-state index contributed by atoms with van der Waals surface area (Å²) in [7, 11) is 0. The van der Waals surface area contributed by atoms with E-state index in [2.05, 4.69) is 10.3 Å². The fraction of sp³-hybridized carbons (Fsp3) is 0.457. The number of pyridine rings is 1. The van der Waals surface area contributed by atoms with Gasteiger partial charge in [0.05, 0.1) is 23.7 Å². The van der Waals surface area contributed by atoms with E-state index in [0.717, 1.165) is 31.5 Å². The third kappa shape index (κ3) is 7.57. The van der Waals surface area contributed by atoms with Crippen molar-refractivity contribution in [1.29, 1.82) is 0 Å². The lowest BCUT2D eigenvalue weighted by atomic mass is 9.77. The molecular formula is C35H39ClF2N2O8. The van der Waals surface area contributed by atoms with Gasteiger partial charge in [0.1, 0.15) is 23.8 Å². The van der Waals surface area contributed by atoms with Crippen LogP contribution < -0.4 is 14.8 Å². The van der Waals surface area contributed by atoms with Crippen LogP contribution in [0.5, 0.6) is 11.6 Å². The maximum absolute atomic E-state index is 16.4. The largest absolute Gasteiger partial charge is 0.480 e. The number of carboxylic acid groups (broad SMARTS) is 1. The summed E-state index contributed by atoms with van der Waals surface area (Å²) in [4.78, 5) is 28.9. The number of rotatable bonds is 12. The molecule has 1 saturated heterocycles. The van der Waals surface area contributed by atoms with E-state index in [-0.39, 0.29) is 49.5 Å². The maximum atomic E-state index is 16.4. The van der Waals surface area contributed by atoms with Crippen LogP contribution in [0, 0.1) is 11.6 Å². The molecule has 258 valence electrons. The van der Waals surface area contributed by atoms with Gasteiger partial charge < -0.3 is 34.1 Å². The molecule has 2 aliphatic rings. The number of ether oxygens (including phenoxy) is 5. The summed E-state index contributed by atoms with van der Waals surface area (Å²) in [6, 6.07) is 10.2. The van der Waals surface area contributed by atoms with Gasteiger partial charge in [0.15, 0.2) is 17.7 Å². The molecular weight excluding hydrogens is 650 g/mol. The first-order valence-corrected chi connectivity index (χ1v) is 16.2. The van der Waals surface area contributed by atoms with Crippen LogP contribution in [0.3, 0.4) is 0 Å². The minimum Gasteiger partial charge on any atom is -0.480 e. The van der Waals surface area contributed by atoms with Gasteiger partial charge in [0.25, 0.3) is 5.88 Å². The number of hydrogen-bond donors (Lipinski definition) is 2. The molecule has 0 radical (unpaired) electrons. The zero-order valence-corrected chi connectivity index (χ0v) is 28.0. The number of carboxylic acids is 1. The number of carbonyl (C=O) groups is 2. The Morgan fingerprint density at radius 1 is 1.15 bits per heavy atom. The van der Waals surface area contributed by atoms with Gasteiger partial charge in [0.2, 0.25) is 0 Å². The second-order valence-corrected chi connectivity index (χ2v) is 13.1. The van der Waals surface area contributed by atoms with Gasteiger partial charge in [-0.2, -0.15) is 0 Å². The average molecular weight is 689 g/mol. The molecule has 1 aromatic heterocycles. The summed E-state index contributed by atoms with van der Waals surface area (Å²) in [6.45, 7) is 7.51. The van der Waals surface area contributed by atoms with Crippen LogP contribution in [0.15, 0.2) is 42.6 Å². The number of esters is 1. The number of benzene rings is 2. The number of hydrogen-bond acceptors (Lipinski definition) is 9. The Kier molecular flexibility index (Phi) is 10.9. The molecule has 0 aliphatic carbocycles. The molecule has 3 aromatic rings. The van der Waals surface area contributed by atoms with E-state index >= 15 is 8.78 Å². The highest BCUT2D eigenvalue weighted by Gasteiger charge is 2.50. The fourth-order valence-corrected chi connectivity index (χ4v) is 6.33. The smallest absolute Gasteiger partial charge is 0.338 e. The Labute approximate surface area is 282 Å². The zero-order chi connectivity index (χ0) is 34.6. The van der Waals surface area contributed by atoms with E-state index in [9.17, 15) is 14.7 Å². The molecule has 1 fully saturated rings. The maximum Gasteiger partial charge on any atom is 0.338 e. The van der Waals surface area contributed by atoms with Crippen molar-refractivity contribution in [2.24, 2.45) is 0 Å². The van der Waals surface area contributed by atoms with E-state index in [1.54, 1.807) is 39.8 Å². The third-order valence-electron chi connectivity index (χ3n) is 8.22. The first kappa shape index (κ1) is 35.5. The summed E-state index contributed by atoms with van der Waals surface area (Å²) >= 11 is 6.57. The monoisotopic (exact) mass is 688 g/mol. The van der Waals surface area contributed by atoms with E-state index in [1.807, 2.05) is 18.2 Å². The number of halogens is 3. The van der Waals surface area contributed by atoms with Gasteiger partial charge in [-0.15, -0.1) is 0 Å². The molecule has 48 heavy (non-hydrogen) atoms. The molecule has 5 rings (SSSR count). The Morgan fingerprint density at radius 3 is 2.56 bits per heavy atom. The van der Waals surface area contributed by atoms with E-state index < -0.39 is 62.7 Å². The van der Waals surface area contributed by atoms with Crippen LogP contribution in [-0.4, -0.2) is 66.8 Å². The van der Waals surface area contributed by atoms with Crippen LogP contribution in [0.25, 0.3) is 11.1 Å². The van der Waals surface area contributed by atoms with Gasteiger partial charge >= 0.3 is 11.9 Å². The Balaban J connectivity index is 1.52. The lowest BCUT2D eigenvalue weighted by molar-refractivity contribution is -0.165. The van der Waals surface area contributed by atoms with Crippen LogP contribution in [0.1, 0.15) is 74.4 Å². The summed E-state index contributed by atoms with van der Waals surface area (Å²) in [5.74, 6) is -5.20. The Hall–Kier alpha value is -3.84. The molecule has 0 amide bonds. The highest BCUT2D eigenvalue weighted by atomic mass is 35.5. The fourth-order valence-electron chi connectivity index (χ4n) is 6.08. The quantitative estimate of drug-likeness (QED) is 0.158. The normalized spacial score (nSPS) is 20.6. The number of carbonyl (C=O) groups excluding carboxylic acids is 1. The topological polar surface area (TPSA) is 125 Å². The molecule has 0 saturated carbocycles.